The average Bonchev–Trinajstić information content (AvgIpc) is 0.811. The Labute approximate surface area is 793 Å². The maximum atomic E-state index is 13.2. The lowest BCUT2D eigenvalue weighted by molar-refractivity contribution is -0.141. The van der Waals surface area contributed by atoms with E-state index in [4.69, 9.17) is 133 Å². The van der Waals surface area contributed by atoms with Crippen molar-refractivity contribution in [2.75, 3.05) is 168 Å². The molecule has 0 bridgehead atoms. The highest BCUT2D eigenvalue weighted by atomic mass is 35.5. The van der Waals surface area contributed by atoms with Crippen LogP contribution < -0.4 is 39.9 Å². The largest absolute Gasteiger partial charge is 0.497 e. The van der Waals surface area contributed by atoms with Crippen LogP contribution in [0.3, 0.4) is 0 Å². The van der Waals surface area contributed by atoms with E-state index in [1.165, 1.54) is 38.0 Å². The molecule has 0 amide bonds. The van der Waals surface area contributed by atoms with Crippen LogP contribution in [-0.4, -0.2) is 221 Å². The summed E-state index contributed by atoms with van der Waals surface area (Å²) in [4.78, 5) is 11.3. The summed E-state index contributed by atoms with van der Waals surface area (Å²) in [6.45, 7) is 40.1. The summed E-state index contributed by atoms with van der Waals surface area (Å²) in [5.41, 5.74) is 2.60. The zero-order valence-corrected chi connectivity index (χ0v) is 88.0. The molecule has 5 aromatic carbocycles. The highest BCUT2D eigenvalue weighted by Crippen LogP contribution is 2.52. The monoisotopic (exact) mass is 1970 g/mol. The molecule has 0 aliphatic carbocycles. The number of carbonyl (C=O) groups excluding carboxylic acids is 1. The van der Waals surface area contributed by atoms with Gasteiger partial charge in [-0.2, -0.15) is 0 Å². The molecule has 5 aromatic rings. The molecule has 1 fully saturated rings. The van der Waals surface area contributed by atoms with E-state index < -0.39 is 63.7 Å². The van der Waals surface area contributed by atoms with Crippen molar-refractivity contribution in [2.45, 2.75) is 235 Å². The zero-order valence-electron chi connectivity index (χ0n) is 82.0. The van der Waals surface area contributed by atoms with E-state index in [9.17, 15) is 13.9 Å². The van der Waals surface area contributed by atoms with Gasteiger partial charge in [0.1, 0.15) is 30.0 Å². The van der Waals surface area contributed by atoms with Crippen molar-refractivity contribution in [2.24, 2.45) is 5.92 Å². The van der Waals surface area contributed by atoms with Gasteiger partial charge in [-0.1, -0.05) is 103 Å². The lowest BCUT2D eigenvalue weighted by Crippen LogP contribution is -2.45. The van der Waals surface area contributed by atoms with Crippen LogP contribution in [0.4, 0.5) is 0 Å². The summed E-state index contributed by atoms with van der Waals surface area (Å²) in [6, 6.07) is 42.5. The minimum absolute atomic E-state index is 0.0678. The molecule has 0 spiro atoms. The standard InChI is InChI=1S/C32H45N2O3PS.C22H38NO8P.C21H37ClNO7P.C18H38NO7PS/c1-26(2)34-38(39,37-31(3,4)5)36-25-15-9-14-24-33-32(27-16-10-7-11-17-27,28-18-12-8-13-19-28)29-20-22-30(35-6)23-21-29;1-17(11-12-25-5)23-32(24,31-22(2,3)4)29-14-13-27-15-20-16-28-21(30-20)18-7-9-19(26-6)10-8-18;1-8-27-15-16(2)14-23-31(24,30-21(3,4)5)29-12-11-28-17-9-10-18(19(22)13-17)20(25-6)26-7;1-7-22-12-13-24-15-14-23-11-10-19-27(28,26-18(3,4)5)25-16(2)8-9-17(20)21-6/h7-8,10-13,16-23,26,33H,9,14-15,24-25H2,1-6H3,(H,34,39);7-10,17,20-21H,11-16H2,1-6H3,(H,23,24);9-10,13,16,20H,8,11-12,14-15H2,1-7H3,(H,23,24);16H,7-15H2,1-6H3,(H,19,28). The molecule has 9 unspecified atom stereocenters. The van der Waals surface area contributed by atoms with Gasteiger partial charge in [-0.05, 0) is 252 Å². The third-order valence-corrected chi connectivity index (χ3v) is 28.0. The summed E-state index contributed by atoms with van der Waals surface area (Å²) >= 11 is 17.7. The van der Waals surface area contributed by atoms with E-state index in [1.54, 1.807) is 39.5 Å². The average molecular weight is 1970 g/mol. The number of hydrogen-bond acceptors (Lipinski definition) is 28. The molecular formula is C93H158ClN5O25P4S2. The Morgan fingerprint density at radius 2 is 1.05 bits per heavy atom. The number of rotatable bonds is 61. The van der Waals surface area contributed by atoms with Gasteiger partial charge in [0.15, 0.2) is 12.6 Å². The van der Waals surface area contributed by atoms with Crippen molar-refractivity contribution in [1.82, 2.24) is 25.7 Å². The Hall–Kier alpha value is -3.90. The van der Waals surface area contributed by atoms with Crippen LogP contribution in [0.5, 0.6) is 17.2 Å². The van der Waals surface area contributed by atoms with E-state index >= 15 is 0 Å². The van der Waals surface area contributed by atoms with Crippen LogP contribution in [0.1, 0.15) is 210 Å². The van der Waals surface area contributed by atoms with Crippen LogP contribution in [0.15, 0.2) is 127 Å². The van der Waals surface area contributed by atoms with Crippen LogP contribution in [-0.2, 0) is 131 Å². The lowest BCUT2D eigenvalue weighted by Gasteiger charge is -2.37. The number of nitrogens with one attached hydrogen (secondary N) is 5. The van der Waals surface area contributed by atoms with E-state index in [0.717, 1.165) is 42.9 Å². The van der Waals surface area contributed by atoms with Crippen molar-refractivity contribution in [3.63, 3.8) is 0 Å². The van der Waals surface area contributed by atoms with Gasteiger partial charge >= 0.3 is 21.5 Å². The van der Waals surface area contributed by atoms with Gasteiger partial charge in [0.2, 0.25) is 0 Å². The summed E-state index contributed by atoms with van der Waals surface area (Å²) < 4.78 is 148. The van der Waals surface area contributed by atoms with Crippen LogP contribution in [0.25, 0.3) is 0 Å². The predicted molar refractivity (Wildman–Crippen MR) is 523 cm³/mol. The second-order valence-corrected chi connectivity index (χ2v) is 44.8. The minimum atomic E-state index is -3.53. The maximum absolute atomic E-state index is 13.2. The maximum Gasteiger partial charge on any atom is 0.406 e. The Bertz CT molecular complexity index is 3980. The molecule has 30 nitrogen and oxygen atoms in total. The molecule has 1 saturated heterocycles. The van der Waals surface area contributed by atoms with Gasteiger partial charge in [0, 0.05) is 83.9 Å². The van der Waals surface area contributed by atoms with Gasteiger partial charge in [0.25, 0.3) is 13.3 Å². The number of esters is 1. The molecule has 0 saturated carbocycles. The molecule has 1 heterocycles. The number of unbranched alkanes of at least 4 members (excludes halogenated alkanes) is 2. The summed E-state index contributed by atoms with van der Waals surface area (Å²) in [5.74, 6) is 2.05. The highest BCUT2D eigenvalue weighted by molar-refractivity contribution is 8.09. The molecule has 1 aliphatic heterocycles. The molecule has 9 atom stereocenters. The first-order valence-electron chi connectivity index (χ1n) is 44.6. The second-order valence-electron chi connectivity index (χ2n) is 34.7. The molecule has 37 heteroatoms. The Balaban J connectivity index is 0.000000450. The first-order chi connectivity index (χ1) is 61.4. The molecule has 0 radical (unpaired) electrons. The fourth-order valence-electron chi connectivity index (χ4n) is 12.2. The number of ether oxygens (including phenoxy) is 14. The number of benzene rings is 5. The van der Waals surface area contributed by atoms with Gasteiger partial charge in [-0.3, -0.25) is 28.2 Å². The SMILES string of the molecule is CCOCC(C)CNP(=O)(OCCOc1ccc(C(OC)OC)c(Cl)c1)OC(C)(C)C.CCOCCOCCOCCNP(=S)(OC(C)CCC(=O)OC)OC(C)(C)C.COCCC(C)NP(=O)(OCCOCC1COC(c2ccc(OC)cc2)O1)OC(C)(C)C.COc1ccc(C(NCCCCCOP(=S)(NC(C)C)OC(C)(C)C)(c2ccccc2)c2ccccc2)cc1. The first-order valence-corrected chi connectivity index (χ1v) is 53.4. The second kappa shape index (κ2) is 63.6. The Morgan fingerprint density at radius 1 is 0.523 bits per heavy atom. The Kier molecular flexibility index (Phi) is 58.8. The third kappa shape index (κ3) is 52.0. The molecule has 130 heavy (non-hydrogen) atoms. The molecule has 1 aliphatic rings. The fraction of sp³-hybridized carbons (Fsp3) is 0.667. The highest BCUT2D eigenvalue weighted by Gasteiger charge is 2.38. The summed E-state index contributed by atoms with van der Waals surface area (Å²) in [5, 5.41) is 16.8. The van der Waals surface area contributed by atoms with Crippen molar-refractivity contribution < 1.29 is 116 Å². The third-order valence-electron chi connectivity index (χ3n) is 17.8. The minimum Gasteiger partial charge on any atom is -0.497 e. The van der Waals surface area contributed by atoms with E-state index in [-0.39, 0.29) is 74.6 Å². The van der Waals surface area contributed by atoms with Gasteiger partial charge in [0.05, 0.1) is 140 Å². The topological polar surface area (TPSA) is 314 Å². The number of carbonyl (C=O) groups is 1. The van der Waals surface area contributed by atoms with Crippen LogP contribution in [0.2, 0.25) is 5.02 Å². The van der Waals surface area contributed by atoms with Gasteiger partial charge in [-0.25, -0.2) is 29.5 Å². The number of halogens is 1. The molecular weight excluding hydrogens is 1810 g/mol. The molecule has 6 rings (SSSR count). The van der Waals surface area contributed by atoms with E-state index in [0.29, 0.717) is 122 Å². The summed E-state index contributed by atoms with van der Waals surface area (Å²) in [6.07, 6.45) is 2.99. The molecule has 0 aromatic heterocycles. The first kappa shape index (κ1) is 120. The lowest BCUT2D eigenvalue weighted by atomic mass is 9.77. The quantitative estimate of drug-likeness (QED) is 0.00794. The van der Waals surface area contributed by atoms with Crippen LogP contribution in [0, 0.1) is 5.92 Å². The zero-order chi connectivity index (χ0) is 96.9. The Morgan fingerprint density at radius 3 is 1.58 bits per heavy atom. The fourth-order valence-corrected chi connectivity index (χ4v) is 22.8. The van der Waals surface area contributed by atoms with Crippen LogP contribution >= 0.6 is 40.4 Å². The van der Waals surface area contributed by atoms with Crippen molar-refractivity contribution in [3.05, 3.63) is 160 Å². The normalized spacial score (nSPS) is 16.4. The molecule has 5 N–H and O–H groups in total. The predicted octanol–water partition coefficient (Wildman–Crippen LogP) is 20.1. The van der Waals surface area contributed by atoms with Gasteiger partial charge in [-0.15, -0.1) is 0 Å². The van der Waals surface area contributed by atoms with E-state index in [1.807, 2.05) is 154 Å². The number of methoxy groups -OCH3 is 6. The van der Waals surface area contributed by atoms with Crippen molar-refractivity contribution in [1.29, 1.82) is 0 Å². The number of hydrogen-bond donors (Lipinski definition) is 5. The summed E-state index contributed by atoms with van der Waals surface area (Å²) in [7, 11) is 2.35. The van der Waals surface area contributed by atoms with Crippen molar-refractivity contribution in [3.8, 4) is 17.2 Å². The smallest absolute Gasteiger partial charge is 0.406 e. The molecule has 744 valence electrons. The van der Waals surface area contributed by atoms with Gasteiger partial charge < -0.3 is 84.4 Å². The van der Waals surface area contributed by atoms with E-state index in [2.05, 4.69) is 117 Å². The van der Waals surface area contributed by atoms with Crippen molar-refractivity contribution >= 4 is 70.0 Å².